The zero-order valence-electron chi connectivity index (χ0n) is 21.0. The second-order valence-corrected chi connectivity index (χ2v) is 8.64. The van der Waals surface area contributed by atoms with E-state index in [0.29, 0.717) is 0 Å². The second-order valence-electron chi connectivity index (χ2n) is 8.64. The fourth-order valence-electron chi connectivity index (χ4n) is 3.93. The third-order valence-corrected chi connectivity index (χ3v) is 5.97. The van der Waals surface area contributed by atoms with E-state index in [2.05, 4.69) is 10.3 Å². The first-order valence-corrected chi connectivity index (χ1v) is 11.6. The molecule has 0 saturated carbocycles. The maximum Gasteiger partial charge on any atom is 0.330 e. The van der Waals surface area contributed by atoms with Crippen LogP contribution in [-0.2, 0) is 16.1 Å². The number of aromatic nitrogens is 2. The summed E-state index contributed by atoms with van der Waals surface area (Å²) < 4.78 is 1.26. The highest BCUT2D eigenvalue weighted by Gasteiger charge is 2.22. The molecule has 0 unspecified atom stereocenters. The van der Waals surface area contributed by atoms with Crippen LogP contribution >= 0.6 is 0 Å². The van der Waals surface area contributed by atoms with Crippen LogP contribution < -0.4 is 27.2 Å². The summed E-state index contributed by atoms with van der Waals surface area (Å²) in [6, 6.07) is 14.9. The molecular formula is C26H32N6O4. The normalized spacial score (nSPS) is 10.7. The van der Waals surface area contributed by atoms with Crippen molar-refractivity contribution in [1.82, 2.24) is 14.5 Å². The number of benzene rings is 2. The molecule has 0 radical (unpaired) electrons. The number of nitrogens with zero attached hydrogens (tertiary/aromatic N) is 3. The Bertz CT molecular complexity index is 1340. The molecule has 0 bridgehead atoms. The molecule has 0 saturated heterocycles. The lowest BCUT2D eigenvalue weighted by Gasteiger charge is -2.26. The Labute approximate surface area is 209 Å². The molecule has 2 aromatic carbocycles. The van der Waals surface area contributed by atoms with Crippen molar-refractivity contribution in [3.8, 4) is 0 Å². The molecule has 190 valence electrons. The van der Waals surface area contributed by atoms with Gasteiger partial charge in [-0.15, -0.1) is 0 Å². The van der Waals surface area contributed by atoms with Crippen LogP contribution in [0.1, 0.15) is 23.6 Å². The van der Waals surface area contributed by atoms with Crippen LogP contribution in [0.5, 0.6) is 0 Å². The fraction of sp³-hybridized carbons (Fsp3) is 0.308. The molecule has 2 amide bonds. The highest BCUT2D eigenvalue weighted by atomic mass is 16.2. The van der Waals surface area contributed by atoms with E-state index in [9.17, 15) is 19.2 Å². The number of aromatic amines is 1. The number of H-pyrrole nitrogens is 1. The molecule has 3 rings (SSSR count). The summed E-state index contributed by atoms with van der Waals surface area (Å²) in [6.07, 6.45) is 0. The van der Waals surface area contributed by atoms with Crippen LogP contribution in [0.3, 0.4) is 0 Å². The van der Waals surface area contributed by atoms with Crippen LogP contribution in [-0.4, -0.2) is 52.9 Å². The minimum absolute atomic E-state index is 0.0299. The van der Waals surface area contributed by atoms with E-state index in [1.165, 1.54) is 21.4 Å². The summed E-state index contributed by atoms with van der Waals surface area (Å²) in [5, 5.41) is 2.86. The van der Waals surface area contributed by atoms with Crippen LogP contribution in [0, 0.1) is 13.8 Å². The molecule has 1 aromatic heterocycles. The van der Waals surface area contributed by atoms with E-state index in [1.807, 2.05) is 62.4 Å². The summed E-state index contributed by atoms with van der Waals surface area (Å²) >= 11 is 0. The molecule has 0 atom stereocenters. The minimum atomic E-state index is -0.674. The molecule has 3 aromatic rings. The van der Waals surface area contributed by atoms with Gasteiger partial charge in [0.15, 0.2) is 0 Å². The van der Waals surface area contributed by atoms with Crippen LogP contribution in [0.2, 0.25) is 0 Å². The Morgan fingerprint density at radius 1 is 1.00 bits per heavy atom. The largest absolute Gasteiger partial charge is 0.383 e. The maximum absolute atomic E-state index is 13.0. The van der Waals surface area contributed by atoms with Crippen LogP contribution in [0.25, 0.3) is 0 Å². The molecule has 10 nitrogen and oxygen atoms in total. The fourth-order valence-corrected chi connectivity index (χ4v) is 3.93. The number of likely N-dealkylation sites (N-methyl/N-ethyl adjacent to an activating group) is 2. The number of rotatable bonds is 9. The van der Waals surface area contributed by atoms with E-state index in [-0.39, 0.29) is 49.5 Å². The molecule has 0 aliphatic rings. The van der Waals surface area contributed by atoms with Gasteiger partial charge in [-0.2, -0.15) is 0 Å². The predicted octanol–water partition coefficient (Wildman–Crippen LogP) is 1.71. The zero-order valence-corrected chi connectivity index (χ0v) is 21.0. The first kappa shape index (κ1) is 26.3. The van der Waals surface area contributed by atoms with E-state index in [0.717, 1.165) is 22.4 Å². The van der Waals surface area contributed by atoms with Gasteiger partial charge < -0.3 is 20.9 Å². The SMILES string of the molecule is CCN(CC(=O)N(C)CC(=O)Nc1c(C)cccc1C)c1c(N)n(Cc2ccccc2)c(=O)[nH]c1=O. The number of carbonyl (C=O) groups is 2. The topological polar surface area (TPSA) is 134 Å². The molecule has 10 heteroatoms. The molecule has 0 fully saturated rings. The maximum atomic E-state index is 13.0. The summed E-state index contributed by atoms with van der Waals surface area (Å²) in [5.41, 5.74) is 8.40. The number of nitrogens with two attached hydrogens (primary N) is 1. The van der Waals surface area contributed by atoms with Gasteiger partial charge in [0.25, 0.3) is 5.56 Å². The average molecular weight is 493 g/mol. The number of nitrogens with one attached hydrogen (secondary N) is 2. The Kier molecular flexibility index (Phi) is 8.31. The van der Waals surface area contributed by atoms with Gasteiger partial charge >= 0.3 is 5.69 Å². The number of hydrogen-bond donors (Lipinski definition) is 3. The third-order valence-electron chi connectivity index (χ3n) is 5.97. The Hall–Kier alpha value is -4.34. The summed E-state index contributed by atoms with van der Waals surface area (Å²) in [7, 11) is 1.52. The Morgan fingerprint density at radius 2 is 1.64 bits per heavy atom. The average Bonchev–Trinajstić information content (AvgIpc) is 2.83. The number of nitrogen functional groups attached to an aromatic ring is 1. The number of amides is 2. The standard InChI is InChI=1S/C26H32N6O4/c1-5-31(16-21(34)30(4)15-20(33)28-22-17(2)10-9-11-18(22)3)23-24(27)32(26(36)29-25(23)35)14-19-12-7-6-8-13-19/h6-13H,5,14-16,27H2,1-4H3,(H,28,33)(H,29,35,36). The molecular weight excluding hydrogens is 460 g/mol. The summed E-state index contributed by atoms with van der Waals surface area (Å²) in [4.78, 5) is 55.8. The number of carbonyl (C=O) groups excluding carboxylic acids is 2. The third kappa shape index (κ3) is 6.01. The van der Waals surface area contributed by atoms with E-state index in [4.69, 9.17) is 5.73 Å². The molecule has 0 spiro atoms. The lowest BCUT2D eigenvalue weighted by molar-refractivity contribution is -0.132. The first-order valence-electron chi connectivity index (χ1n) is 11.6. The summed E-state index contributed by atoms with van der Waals surface area (Å²) in [5.74, 6) is -0.745. The summed E-state index contributed by atoms with van der Waals surface area (Å²) in [6.45, 7) is 5.66. The van der Waals surface area contributed by atoms with Gasteiger partial charge in [-0.3, -0.25) is 23.9 Å². The van der Waals surface area contributed by atoms with Crippen molar-refractivity contribution in [2.75, 3.05) is 42.6 Å². The quantitative estimate of drug-likeness (QED) is 0.416. The number of hydrogen-bond acceptors (Lipinski definition) is 6. The molecule has 4 N–H and O–H groups in total. The van der Waals surface area contributed by atoms with Crippen molar-refractivity contribution in [3.05, 3.63) is 86.1 Å². The minimum Gasteiger partial charge on any atom is -0.383 e. The zero-order chi connectivity index (χ0) is 26.4. The molecule has 0 aliphatic carbocycles. The van der Waals surface area contributed by atoms with Crippen molar-refractivity contribution in [3.63, 3.8) is 0 Å². The van der Waals surface area contributed by atoms with Gasteiger partial charge in [0.2, 0.25) is 11.8 Å². The predicted molar refractivity (Wildman–Crippen MR) is 141 cm³/mol. The Balaban J connectivity index is 1.76. The van der Waals surface area contributed by atoms with Gasteiger partial charge in [0.1, 0.15) is 11.5 Å². The van der Waals surface area contributed by atoms with E-state index < -0.39 is 11.2 Å². The van der Waals surface area contributed by atoms with Crippen LogP contribution in [0.4, 0.5) is 17.2 Å². The first-order chi connectivity index (χ1) is 17.1. The van der Waals surface area contributed by atoms with Crippen molar-refractivity contribution in [2.24, 2.45) is 0 Å². The van der Waals surface area contributed by atoms with Gasteiger partial charge in [0.05, 0.1) is 19.6 Å². The highest BCUT2D eigenvalue weighted by Crippen LogP contribution is 2.20. The molecule has 1 heterocycles. The smallest absolute Gasteiger partial charge is 0.330 e. The number of para-hydroxylation sites is 1. The van der Waals surface area contributed by atoms with Gasteiger partial charge in [-0.1, -0.05) is 48.5 Å². The number of aryl methyl sites for hydroxylation is 2. The van der Waals surface area contributed by atoms with Crippen molar-refractivity contribution < 1.29 is 9.59 Å². The monoisotopic (exact) mass is 492 g/mol. The van der Waals surface area contributed by atoms with Crippen molar-refractivity contribution in [1.29, 1.82) is 0 Å². The molecule has 36 heavy (non-hydrogen) atoms. The van der Waals surface area contributed by atoms with Crippen molar-refractivity contribution >= 4 is 29.0 Å². The van der Waals surface area contributed by atoms with Gasteiger partial charge in [-0.25, -0.2) is 4.79 Å². The Morgan fingerprint density at radius 3 is 2.25 bits per heavy atom. The lowest BCUT2D eigenvalue weighted by Crippen LogP contribution is -2.45. The van der Waals surface area contributed by atoms with E-state index >= 15 is 0 Å². The van der Waals surface area contributed by atoms with Gasteiger partial charge in [-0.05, 0) is 37.5 Å². The second kappa shape index (κ2) is 11.4. The van der Waals surface area contributed by atoms with Gasteiger partial charge in [0, 0.05) is 19.3 Å². The number of anilines is 3. The van der Waals surface area contributed by atoms with Crippen LogP contribution in [0.15, 0.2) is 58.1 Å². The van der Waals surface area contributed by atoms with E-state index in [1.54, 1.807) is 6.92 Å². The molecule has 0 aliphatic heterocycles. The van der Waals surface area contributed by atoms with Crippen molar-refractivity contribution in [2.45, 2.75) is 27.3 Å². The highest BCUT2D eigenvalue weighted by molar-refractivity contribution is 5.96. The lowest BCUT2D eigenvalue weighted by atomic mass is 10.1.